The molecule has 2 aromatic rings. The first-order valence-electron chi connectivity index (χ1n) is 13.0. The summed E-state index contributed by atoms with van der Waals surface area (Å²) in [5.74, 6) is -5.63. The number of carboxylic acids is 1. The largest absolute Gasteiger partial charge is 0.508 e. The number of carboxylic acid groups (broad SMARTS) is 1. The molecule has 2 rings (SSSR count). The van der Waals surface area contributed by atoms with Crippen molar-refractivity contribution in [2.24, 2.45) is 17.4 Å². The van der Waals surface area contributed by atoms with E-state index in [9.17, 15) is 39.0 Å². The van der Waals surface area contributed by atoms with E-state index in [4.69, 9.17) is 11.5 Å². The number of aromatic nitrogens is 2. The molecule has 0 aliphatic heterocycles. The predicted molar refractivity (Wildman–Crippen MR) is 147 cm³/mol. The van der Waals surface area contributed by atoms with Crippen LogP contribution in [0.2, 0.25) is 0 Å². The molecule has 42 heavy (non-hydrogen) atoms. The number of nitrogens with zero attached hydrogens (tertiary/aromatic N) is 1. The van der Waals surface area contributed by atoms with Gasteiger partial charge < -0.3 is 47.9 Å². The quantitative estimate of drug-likeness (QED) is 0.0987. The Hall–Kier alpha value is -4.99. The number of H-pyrrole nitrogens is 1. The minimum atomic E-state index is -1.31. The van der Waals surface area contributed by atoms with Crippen LogP contribution in [0.1, 0.15) is 31.5 Å². The van der Waals surface area contributed by atoms with E-state index in [1.54, 1.807) is 13.8 Å². The molecule has 5 amide bonds. The van der Waals surface area contributed by atoms with E-state index >= 15 is 0 Å². The number of carbonyl (C=O) groups is 6. The predicted octanol–water partition coefficient (Wildman–Crippen LogP) is -2.59. The summed E-state index contributed by atoms with van der Waals surface area (Å²) in [5, 5.41) is 28.7. The Morgan fingerprint density at radius 3 is 2.12 bits per heavy atom. The Kier molecular flexibility index (Phi) is 12.4. The second kappa shape index (κ2) is 15.7. The number of nitrogens with two attached hydrogens (primary N) is 2. The maximum absolute atomic E-state index is 13.0. The first-order chi connectivity index (χ1) is 19.8. The summed E-state index contributed by atoms with van der Waals surface area (Å²) >= 11 is 0. The highest BCUT2D eigenvalue weighted by Crippen LogP contribution is 2.12. The van der Waals surface area contributed by atoms with Crippen molar-refractivity contribution < 1.29 is 39.0 Å². The van der Waals surface area contributed by atoms with Crippen LogP contribution >= 0.6 is 0 Å². The van der Waals surface area contributed by atoms with Crippen LogP contribution in [0.3, 0.4) is 0 Å². The average molecular weight is 589 g/mol. The number of amides is 5. The molecule has 1 heterocycles. The van der Waals surface area contributed by atoms with Crippen molar-refractivity contribution in [3.63, 3.8) is 0 Å². The smallest absolute Gasteiger partial charge is 0.326 e. The number of benzene rings is 1. The minimum absolute atomic E-state index is 0.0105. The number of hydrogen-bond acceptors (Lipinski definition) is 9. The molecule has 0 radical (unpaired) electrons. The van der Waals surface area contributed by atoms with E-state index in [1.165, 1.54) is 36.8 Å². The van der Waals surface area contributed by atoms with Gasteiger partial charge in [-0.25, -0.2) is 9.78 Å². The van der Waals surface area contributed by atoms with Gasteiger partial charge in [0.1, 0.15) is 23.9 Å². The molecular formula is C26H36N8O8. The van der Waals surface area contributed by atoms with Gasteiger partial charge in [-0.15, -0.1) is 0 Å². The summed E-state index contributed by atoms with van der Waals surface area (Å²) < 4.78 is 0. The fourth-order valence-electron chi connectivity index (χ4n) is 3.79. The number of hydrogen-bond donors (Lipinski definition) is 9. The van der Waals surface area contributed by atoms with E-state index in [-0.39, 0.29) is 18.6 Å². The Morgan fingerprint density at radius 1 is 0.929 bits per heavy atom. The van der Waals surface area contributed by atoms with Crippen molar-refractivity contribution in [1.82, 2.24) is 31.2 Å². The fourth-order valence-corrected chi connectivity index (χ4v) is 3.79. The van der Waals surface area contributed by atoms with Gasteiger partial charge in [0, 0.05) is 24.7 Å². The molecular weight excluding hydrogens is 552 g/mol. The number of aromatic amines is 1. The third kappa shape index (κ3) is 10.9. The van der Waals surface area contributed by atoms with Crippen LogP contribution in [0.5, 0.6) is 5.75 Å². The van der Waals surface area contributed by atoms with E-state index in [1.807, 2.05) is 0 Å². The normalized spacial score (nSPS) is 13.7. The zero-order chi connectivity index (χ0) is 31.4. The lowest BCUT2D eigenvalue weighted by atomic mass is 10.0. The minimum Gasteiger partial charge on any atom is -0.508 e. The van der Waals surface area contributed by atoms with Gasteiger partial charge in [-0.1, -0.05) is 26.0 Å². The maximum atomic E-state index is 13.0. The molecule has 0 aliphatic rings. The molecule has 0 spiro atoms. The number of aromatic hydroxyl groups is 1. The number of phenolic OH excluding ortho intramolecular Hbond substituents is 1. The molecule has 1 aromatic heterocycles. The number of carbonyl (C=O) groups excluding carboxylic acids is 5. The molecule has 11 N–H and O–H groups in total. The van der Waals surface area contributed by atoms with Gasteiger partial charge in [-0.2, -0.15) is 0 Å². The summed E-state index contributed by atoms with van der Waals surface area (Å²) in [6.45, 7) is 2.71. The fraction of sp³-hybridized carbons (Fsp3) is 0.423. The van der Waals surface area contributed by atoms with Crippen LogP contribution in [0.4, 0.5) is 0 Å². The number of phenols is 1. The van der Waals surface area contributed by atoms with E-state index in [2.05, 4.69) is 31.2 Å². The molecule has 0 unspecified atom stereocenters. The number of imidazole rings is 1. The SMILES string of the molecule is CC(C)[C@H](NC(=O)CNC(=O)[C@H](Cc1ccc(O)cc1)NC(=O)[C@@H](N)CC(N)=O)C(=O)N[C@@H](Cc1cnc[nH]1)C(=O)O. The van der Waals surface area contributed by atoms with Crippen LogP contribution in [-0.4, -0.2) is 86.4 Å². The van der Waals surface area contributed by atoms with Crippen molar-refractivity contribution in [3.8, 4) is 5.75 Å². The Balaban J connectivity index is 2.04. The van der Waals surface area contributed by atoms with Crippen LogP contribution in [-0.2, 0) is 41.6 Å². The van der Waals surface area contributed by atoms with Crippen molar-refractivity contribution in [2.75, 3.05) is 6.54 Å². The molecule has 0 saturated heterocycles. The molecule has 16 nitrogen and oxygen atoms in total. The number of nitrogens with one attached hydrogen (secondary N) is 5. The Morgan fingerprint density at radius 2 is 1.57 bits per heavy atom. The molecule has 228 valence electrons. The highest BCUT2D eigenvalue weighted by molar-refractivity contribution is 5.95. The Bertz CT molecular complexity index is 1250. The van der Waals surface area contributed by atoms with E-state index in [0.29, 0.717) is 11.3 Å². The van der Waals surface area contributed by atoms with Gasteiger partial charge in [-0.05, 0) is 23.6 Å². The van der Waals surface area contributed by atoms with Crippen LogP contribution in [0.25, 0.3) is 0 Å². The summed E-state index contributed by atoms with van der Waals surface area (Å²) in [7, 11) is 0. The number of aliphatic carboxylic acids is 1. The topological polar surface area (TPSA) is 272 Å². The lowest BCUT2D eigenvalue weighted by Crippen LogP contribution is -2.57. The van der Waals surface area contributed by atoms with Gasteiger partial charge in [0.2, 0.25) is 29.5 Å². The molecule has 0 bridgehead atoms. The Labute approximate surface area is 241 Å². The van der Waals surface area contributed by atoms with E-state index in [0.717, 1.165) is 0 Å². The van der Waals surface area contributed by atoms with Crippen molar-refractivity contribution in [3.05, 3.63) is 48.0 Å². The van der Waals surface area contributed by atoms with Crippen LogP contribution < -0.4 is 32.7 Å². The first kappa shape index (κ1) is 33.2. The lowest BCUT2D eigenvalue weighted by molar-refractivity contribution is -0.142. The molecule has 4 atom stereocenters. The molecule has 16 heteroatoms. The zero-order valence-electron chi connectivity index (χ0n) is 23.1. The van der Waals surface area contributed by atoms with Gasteiger partial charge in [0.15, 0.2) is 0 Å². The van der Waals surface area contributed by atoms with Crippen LogP contribution in [0.15, 0.2) is 36.8 Å². The van der Waals surface area contributed by atoms with Crippen LogP contribution in [0, 0.1) is 5.92 Å². The first-order valence-corrected chi connectivity index (χ1v) is 13.0. The lowest BCUT2D eigenvalue weighted by Gasteiger charge is -2.24. The summed E-state index contributed by atoms with van der Waals surface area (Å²) in [6, 6.07) is 0.878. The van der Waals surface area contributed by atoms with Gasteiger partial charge in [0.05, 0.1) is 25.3 Å². The standard InChI is InChI=1S/C26H36N8O8/c1-13(2)22(25(40)33-19(26(41)42)8-15-10-29-12-31-15)34-21(37)11-30-24(39)18(7-14-3-5-16(35)6-4-14)32-23(38)17(27)9-20(28)36/h3-6,10,12-13,17-19,22,35H,7-9,11,27H2,1-2H3,(H2,28,36)(H,29,31)(H,30,39)(H,32,38)(H,33,40)(H,34,37)(H,41,42)/t17-,18-,19-,22-/m0/s1. The van der Waals surface area contributed by atoms with Gasteiger partial charge in [0.25, 0.3) is 0 Å². The molecule has 1 aromatic carbocycles. The second-order valence-corrected chi connectivity index (χ2v) is 9.90. The summed E-state index contributed by atoms with van der Waals surface area (Å²) in [6.07, 6.45) is 2.23. The maximum Gasteiger partial charge on any atom is 0.326 e. The molecule has 0 aliphatic carbocycles. The van der Waals surface area contributed by atoms with E-state index < -0.39 is 78.6 Å². The van der Waals surface area contributed by atoms with Gasteiger partial charge in [-0.3, -0.25) is 24.0 Å². The highest BCUT2D eigenvalue weighted by atomic mass is 16.4. The van der Waals surface area contributed by atoms with Crippen molar-refractivity contribution >= 4 is 35.5 Å². The second-order valence-electron chi connectivity index (χ2n) is 9.90. The summed E-state index contributed by atoms with van der Waals surface area (Å²) in [5.41, 5.74) is 11.8. The molecule has 0 fully saturated rings. The zero-order valence-corrected chi connectivity index (χ0v) is 23.1. The third-order valence-corrected chi connectivity index (χ3v) is 6.05. The molecule has 0 saturated carbocycles. The summed E-state index contributed by atoms with van der Waals surface area (Å²) in [4.78, 5) is 80.4. The monoisotopic (exact) mass is 588 g/mol. The highest BCUT2D eigenvalue weighted by Gasteiger charge is 2.30. The third-order valence-electron chi connectivity index (χ3n) is 6.05. The van der Waals surface area contributed by atoms with Gasteiger partial charge >= 0.3 is 5.97 Å². The number of primary amides is 1. The number of rotatable bonds is 16. The van der Waals surface area contributed by atoms with Crippen molar-refractivity contribution in [2.45, 2.75) is 57.3 Å². The van der Waals surface area contributed by atoms with Crippen molar-refractivity contribution in [1.29, 1.82) is 0 Å². The average Bonchev–Trinajstić information content (AvgIpc) is 3.43.